The molecule has 252 valence electrons. The monoisotopic (exact) mass is 623 g/mol. The van der Waals surface area contributed by atoms with Crippen LogP contribution in [0.1, 0.15) is 111 Å². The minimum absolute atomic E-state index is 0.586. The molecule has 0 aromatic heterocycles. The second kappa shape index (κ2) is 16.2. The smallest absolute Gasteiger partial charge is 0.480 e. The van der Waals surface area contributed by atoms with E-state index in [1.54, 1.807) is 83.1 Å². The number of nitrogens with one attached hydrogen (secondary N) is 2. The van der Waals surface area contributed by atoms with E-state index in [0.717, 1.165) is 0 Å². The summed E-state index contributed by atoms with van der Waals surface area (Å²) in [7, 11) is 0. The van der Waals surface area contributed by atoms with Gasteiger partial charge in [-0.1, -0.05) is 0 Å². The molecule has 0 saturated heterocycles. The van der Waals surface area contributed by atoms with Crippen molar-refractivity contribution in [1.29, 1.82) is 0 Å². The van der Waals surface area contributed by atoms with Crippen LogP contribution in [-0.2, 0) is 33.3 Å². The highest BCUT2D eigenvalue weighted by Gasteiger charge is 2.31. The standard InChI is InChI=1S/C10H18O5.C9H18N2O3.C9H17NO4/c1-9(2,3)14-7(11)13-8(12)15-10(4,5)6;1-8(2,3)14-7(13)11-9(4,5)6(10)12;1-8(2,3)14-7(13)10-9(4,5)6(11)12/h1-6H3;1-5H3,(H2,10,12)(H,11,13);1-5H3,(H,10,13)(H,11,12). The number of aliphatic carboxylic acids is 1. The fraction of sp³-hybridized carbons (Fsp3) is 0.786. The van der Waals surface area contributed by atoms with Gasteiger partial charge in [-0.15, -0.1) is 0 Å². The first-order valence-corrected chi connectivity index (χ1v) is 13.3. The first-order valence-electron chi connectivity index (χ1n) is 13.3. The molecule has 0 bridgehead atoms. The average Bonchev–Trinajstić information content (AvgIpc) is 2.61. The highest BCUT2D eigenvalue weighted by atomic mass is 16.8. The number of carbonyl (C=O) groups excluding carboxylic acids is 5. The van der Waals surface area contributed by atoms with Crippen LogP contribution in [0.25, 0.3) is 0 Å². The number of carboxylic acids is 1. The van der Waals surface area contributed by atoms with Crippen molar-refractivity contribution < 1.29 is 57.6 Å². The summed E-state index contributed by atoms with van der Waals surface area (Å²) in [5.41, 5.74) is 0.0585. The zero-order valence-electron chi connectivity index (χ0n) is 28.5. The fourth-order valence-electron chi connectivity index (χ4n) is 1.84. The molecule has 0 atom stereocenters. The van der Waals surface area contributed by atoms with Gasteiger partial charge in [0.2, 0.25) is 5.91 Å². The molecule has 5 N–H and O–H groups in total. The summed E-state index contributed by atoms with van der Waals surface area (Å²) >= 11 is 0. The molecule has 3 amide bonds. The van der Waals surface area contributed by atoms with E-state index in [1.165, 1.54) is 27.7 Å². The maximum Gasteiger partial charge on any atom is 0.519 e. The maximum absolute atomic E-state index is 11.2. The third-order valence-electron chi connectivity index (χ3n) is 3.72. The minimum Gasteiger partial charge on any atom is -0.480 e. The Morgan fingerprint density at radius 2 is 0.744 bits per heavy atom. The van der Waals surface area contributed by atoms with Crippen LogP contribution >= 0.6 is 0 Å². The van der Waals surface area contributed by atoms with Gasteiger partial charge in [-0.3, -0.25) is 4.79 Å². The van der Waals surface area contributed by atoms with Crippen LogP contribution in [0.15, 0.2) is 0 Å². The Morgan fingerprint density at radius 3 is 0.953 bits per heavy atom. The van der Waals surface area contributed by atoms with Crippen molar-refractivity contribution in [2.75, 3.05) is 0 Å². The first-order chi connectivity index (χ1) is 18.6. The molecule has 0 rings (SSSR count). The van der Waals surface area contributed by atoms with Gasteiger partial charge in [0.15, 0.2) is 0 Å². The molecule has 0 radical (unpaired) electrons. The number of hydrogen-bond donors (Lipinski definition) is 4. The van der Waals surface area contributed by atoms with Gasteiger partial charge in [-0.25, -0.2) is 24.0 Å². The SMILES string of the molecule is CC(C)(C)OC(=O)NC(C)(C)C(=O)O.CC(C)(C)OC(=O)NC(C)(C)C(N)=O.CC(C)(C)OC(=O)OC(=O)OC(C)(C)C. The van der Waals surface area contributed by atoms with Gasteiger partial charge in [0.05, 0.1) is 0 Å². The van der Waals surface area contributed by atoms with Crippen molar-refractivity contribution >= 4 is 36.4 Å². The molecule has 0 heterocycles. The molecule has 0 aliphatic carbocycles. The number of alkyl carbamates (subject to hydrolysis) is 2. The van der Waals surface area contributed by atoms with Crippen LogP contribution in [-0.4, -0.2) is 75.0 Å². The molecule has 0 aliphatic rings. The van der Waals surface area contributed by atoms with E-state index in [1.807, 2.05) is 0 Å². The van der Waals surface area contributed by atoms with Crippen LogP contribution < -0.4 is 16.4 Å². The van der Waals surface area contributed by atoms with E-state index in [4.69, 9.17) is 29.8 Å². The third-order valence-corrected chi connectivity index (χ3v) is 3.72. The summed E-state index contributed by atoms with van der Waals surface area (Å²) < 4.78 is 23.7. The van der Waals surface area contributed by atoms with E-state index in [0.29, 0.717) is 0 Å². The predicted octanol–water partition coefficient (Wildman–Crippen LogP) is 5.02. The molecule has 0 aliphatic heterocycles. The van der Waals surface area contributed by atoms with E-state index in [2.05, 4.69) is 15.4 Å². The Kier molecular flexibility index (Phi) is 16.4. The van der Waals surface area contributed by atoms with Gasteiger partial charge >= 0.3 is 30.5 Å². The normalized spacial score (nSPS) is 12.0. The van der Waals surface area contributed by atoms with Crippen LogP contribution in [0.4, 0.5) is 19.2 Å². The number of nitrogens with two attached hydrogens (primary N) is 1. The number of amides is 3. The van der Waals surface area contributed by atoms with E-state index < -0.39 is 69.9 Å². The lowest BCUT2D eigenvalue weighted by atomic mass is 10.1. The zero-order valence-corrected chi connectivity index (χ0v) is 28.5. The van der Waals surface area contributed by atoms with Gasteiger partial charge in [-0.05, 0) is 111 Å². The fourth-order valence-corrected chi connectivity index (χ4v) is 1.84. The Labute approximate surface area is 254 Å². The number of carboxylic acid groups (broad SMARTS) is 1. The van der Waals surface area contributed by atoms with Crippen molar-refractivity contribution in [1.82, 2.24) is 10.6 Å². The summed E-state index contributed by atoms with van der Waals surface area (Å²) in [6, 6.07) is 0. The molecule has 43 heavy (non-hydrogen) atoms. The zero-order chi connectivity index (χ0) is 35.4. The van der Waals surface area contributed by atoms with Gasteiger partial charge < -0.3 is 45.2 Å². The van der Waals surface area contributed by atoms with Crippen molar-refractivity contribution in [2.24, 2.45) is 5.73 Å². The minimum atomic E-state index is -1.32. The Morgan fingerprint density at radius 1 is 0.488 bits per heavy atom. The highest BCUT2D eigenvalue weighted by Crippen LogP contribution is 2.12. The van der Waals surface area contributed by atoms with Crippen molar-refractivity contribution in [3.63, 3.8) is 0 Å². The summed E-state index contributed by atoms with van der Waals surface area (Å²) in [4.78, 5) is 66.0. The van der Waals surface area contributed by atoms with Crippen LogP contribution in [0.3, 0.4) is 0 Å². The highest BCUT2D eigenvalue weighted by molar-refractivity contribution is 5.87. The van der Waals surface area contributed by atoms with Crippen molar-refractivity contribution in [3.8, 4) is 0 Å². The molecular formula is C28H53N3O12. The van der Waals surface area contributed by atoms with E-state index >= 15 is 0 Å². The first kappa shape index (κ1) is 43.7. The molecule has 15 heteroatoms. The largest absolute Gasteiger partial charge is 0.519 e. The number of rotatable bonds is 4. The van der Waals surface area contributed by atoms with Crippen molar-refractivity contribution in [3.05, 3.63) is 0 Å². The second-order valence-electron chi connectivity index (χ2n) is 14.2. The van der Waals surface area contributed by atoms with Crippen LogP contribution in [0.5, 0.6) is 0 Å². The van der Waals surface area contributed by atoms with E-state index in [9.17, 15) is 28.8 Å². The van der Waals surface area contributed by atoms with Gasteiger partial charge in [0.1, 0.15) is 33.5 Å². The molecule has 0 saturated carbocycles. The molecule has 15 nitrogen and oxygen atoms in total. The van der Waals surface area contributed by atoms with Crippen LogP contribution in [0, 0.1) is 0 Å². The lowest BCUT2D eigenvalue weighted by Crippen LogP contribution is -2.54. The molecule has 0 fully saturated rings. The summed E-state index contributed by atoms with van der Waals surface area (Å²) in [5, 5.41) is 13.3. The lowest BCUT2D eigenvalue weighted by molar-refractivity contribution is -0.143. The Bertz CT molecular complexity index is 899. The number of hydrogen-bond acceptors (Lipinski definition) is 11. The van der Waals surface area contributed by atoms with Crippen molar-refractivity contribution in [2.45, 2.75) is 144 Å². The molecule has 0 aromatic rings. The Balaban J connectivity index is -0.000000559. The van der Waals surface area contributed by atoms with Gasteiger partial charge in [0.25, 0.3) is 0 Å². The Hall–Kier alpha value is -3.78. The predicted molar refractivity (Wildman–Crippen MR) is 157 cm³/mol. The van der Waals surface area contributed by atoms with E-state index in [-0.39, 0.29) is 0 Å². The maximum atomic E-state index is 11.2. The average molecular weight is 624 g/mol. The lowest BCUT2D eigenvalue weighted by Gasteiger charge is -2.25. The summed E-state index contributed by atoms with van der Waals surface area (Å²) in [6.07, 6.45) is -3.50. The quantitative estimate of drug-likeness (QED) is 0.184. The number of primary amides is 1. The third kappa shape index (κ3) is 28.1. The summed E-state index contributed by atoms with van der Waals surface area (Å²) in [5.74, 6) is -1.72. The number of ether oxygens (including phenoxy) is 5. The molecule has 0 aromatic carbocycles. The summed E-state index contributed by atoms with van der Waals surface area (Å²) in [6.45, 7) is 26.2. The van der Waals surface area contributed by atoms with Gasteiger partial charge in [-0.2, -0.15) is 0 Å². The van der Waals surface area contributed by atoms with Gasteiger partial charge in [0, 0.05) is 0 Å². The molecule has 0 spiro atoms. The topological polar surface area (TPSA) is 219 Å². The second-order valence-corrected chi connectivity index (χ2v) is 14.2. The van der Waals surface area contributed by atoms with Crippen LogP contribution in [0.2, 0.25) is 0 Å². The number of carbonyl (C=O) groups is 6. The molecule has 0 unspecified atom stereocenters. The molecular weight excluding hydrogens is 570 g/mol.